The summed E-state index contributed by atoms with van der Waals surface area (Å²) in [5.74, 6) is -0.504. The van der Waals surface area contributed by atoms with Gasteiger partial charge in [0.1, 0.15) is 5.82 Å². The number of carbonyl (C=O) groups excluding carboxylic acids is 1. The minimum atomic E-state index is -0.674. The lowest BCUT2D eigenvalue weighted by Gasteiger charge is -2.06. The van der Waals surface area contributed by atoms with Crippen molar-refractivity contribution < 1.29 is 14.5 Å². The van der Waals surface area contributed by atoms with E-state index in [-0.39, 0.29) is 28.3 Å². The number of nitro groups is 1. The van der Waals surface area contributed by atoms with Crippen LogP contribution in [0.15, 0.2) is 24.3 Å². The van der Waals surface area contributed by atoms with Crippen molar-refractivity contribution in [3.05, 3.63) is 39.9 Å². The number of aromatic amines is 1. The van der Waals surface area contributed by atoms with Crippen LogP contribution in [-0.4, -0.2) is 28.2 Å². The summed E-state index contributed by atoms with van der Waals surface area (Å²) in [7, 11) is 1.20. The fourth-order valence-electron chi connectivity index (χ4n) is 1.72. The third-order valence-electron chi connectivity index (χ3n) is 2.51. The smallest absolute Gasteiger partial charge is 0.338 e. The van der Waals surface area contributed by atoms with E-state index < -0.39 is 10.9 Å². The lowest BCUT2D eigenvalue weighted by molar-refractivity contribution is -0.384. The highest BCUT2D eigenvalue weighted by Gasteiger charge is 2.24. The average molecular weight is 262 g/mol. The van der Waals surface area contributed by atoms with Crippen LogP contribution in [0.2, 0.25) is 0 Å². The van der Waals surface area contributed by atoms with Gasteiger partial charge in [0.05, 0.1) is 28.9 Å². The Morgan fingerprint density at radius 2 is 2.26 bits per heavy atom. The number of nitrogens with one attached hydrogen (secondary N) is 1. The third-order valence-corrected chi connectivity index (χ3v) is 2.51. The lowest BCUT2D eigenvalue weighted by Crippen LogP contribution is -2.06. The number of methoxy groups -OCH3 is 1. The van der Waals surface area contributed by atoms with Gasteiger partial charge in [-0.2, -0.15) is 5.10 Å². The Bertz CT molecular complexity index is 650. The van der Waals surface area contributed by atoms with Gasteiger partial charge in [0.25, 0.3) is 5.69 Å². The first-order valence-corrected chi connectivity index (χ1v) is 5.21. The summed E-state index contributed by atoms with van der Waals surface area (Å²) in [5, 5.41) is 17.3. The van der Waals surface area contributed by atoms with Crippen LogP contribution in [0.25, 0.3) is 11.3 Å². The van der Waals surface area contributed by atoms with Gasteiger partial charge in [0.15, 0.2) is 0 Å². The molecule has 0 radical (unpaired) electrons. The fraction of sp³-hybridized carbons (Fsp3) is 0.0909. The van der Waals surface area contributed by atoms with Crippen molar-refractivity contribution in [1.82, 2.24) is 10.2 Å². The topological polar surface area (TPSA) is 124 Å². The van der Waals surface area contributed by atoms with Gasteiger partial charge in [-0.05, 0) is 6.07 Å². The van der Waals surface area contributed by atoms with Crippen molar-refractivity contribution in [2.75, 3.05) is 12.8 Å². The van der Waals surface area contributed by atoms with Crippen molar-refractivity contribution in [2.45, 2.75) is 0 Å². The van der Waals surface area contributed by atoms with Gasteiger partial charge in [0, 0.05) is 12.1 Å². The molecule has 0 aliphatic carbocycles. The molecule has 1 aromatic heterocycles. The van der Waals surface area contributed by atoms with E-state index in [0.29, 0.717) is 0 Å². The van der Waals surface area contributed by atoms with Crippen LogP contribution < -0.4 is 5.73 Å². The molecule has 0 aliphatic rings. The Morgan fingerprint density at radius 3 is 2.79 bits per heavy atom. The second-order valence-corrected chi connectivity index (χ2v) is 3.65. The molecule has 8 heteroatoms. The molecule has 0 saturated heterocycles. The maximum Gasteiger partial charge on any atom is 0.338 e. The van der Waals surface area contributed by atoms with Gasteiger partial charge >= 0.3 is 5.97 Å². The zero-order chi connectivity index (χ0) is 14.0. The molecule has 2 aromatic rings. The molecule has 0 fully saturated rings. The molecule has 8 nitrogen and oxygen atoms in total. The number of ether oxygens (including phenoxy) is 1. The van der Waals surface area contributed by atoms with E-state index in [2.05, 4.69) is 14.9 Å². The van der Waals surface area contributed by atoms with Crippen LogP contribution in [0.1, 0.15) is 10.4 Å². The molecule has 19 heavy (non-hydrogen) atoms. The molecular weight excluding hydrogens is 252 g/mol. The van der Waals surface area contributed by atoms with Crippen LogP contribution in [0, 0.1) is 10.1 Å². The van der Waals surface area contributed by atoms with Gasteiger partial charge in [-0.1, -0.05) is 6.07 Å². The quantitative estimate of drug-likeness (QED) is 0.488. The third kappa shape index (κ3) is 2.23. The Labute approximate surface area is 107 Å². The molecule has 3 N–H and O–H groups in total. The number of nitrogen functional groups attached to an aromatic ring is 1. The highest BCUT2D eigenvalue weighted by molar-refractivity contribution is 5.99. The number of hydrogen-bond acceptors (Lipinski definition) is 6. The number of carbonyl (C=O) groups is 1. The van der Waals surface area contributed by atoms with E-state index in [9.17, 15) is 14.9 Å². The van der Waals surface area contributed by atoms with Crippen LogP contribution in [0.3, 0.4) is 0 Å². The van der Waals surface area contributed by atoms with E-state index in [1.165, 1.54) is 31.4 Å². The molecular formula is C11H10N4O4. The number of benzene rings is 1. The zero-order valence-electron chi connectivity index (χ0n) is 9.91. The van der Waals surface area contributed by atoms with Crippen LogP contribution in [0.4, 0.5) is 11.5 Å². The first kappa shape index (κ1) is 12.6. The van der Waals surface area contributed by atoms with Crippen molar-refractivity contribution in [3.8, 4) is 11.3 Å². The molecule has 0 saturated carbocycles. The largest absolute Gasteiger partial charge is 0.465 e. The zero-order valence-corrected chi connectivity index (χ0v) is 9.91. The molecule has 0 aliphatic heterocycles. The van der Waals surface area contributed by atoms with Gasteiger partial charge in [0.2, 0.25) is 0 Å². The Morgan fingerprint density at radius 1 is 1.53 bits per heavy atom. The summed E-state index contributed by atoms with van der Waals surface area (Å²) < 4.78 is 4.61. The Hall–Kier alpha value is -2.90. The number of H-pyrrole nitrogens is 1. The summed E-state index contributed by atoms with van der Waals surface area (Å²) in [4.78, 5) is 22.1. The van der Waals surface area contributed by atoms with Gasteiger partial charge < -0.3 is 10.5 Å². The fourth-order valence-corrected chi connectivity index (χ4v) is 1.72. The lowest BCUT2D eigenvalue weighted by atomic mass is 10.0. The molecule has 1 aromatic carbocycles. The highest BCUT2D eigenvalue weighted by atomic mass is 16.6. The predicted octanol–water partition coefficient (Wildman–Crippen LogP) is 1.35. The molecule has 0 spiro atoms. The molecule has 0 bridgehead atoms. The maximum absolute atomic E-state index is 11.7. The van der Waals surface area contributed by atoms with E-state index in [1.807, 2.05) is 0 Å². The van der Waals surface area contributed by atoms with E-state index in [0.717, 1.165) is 0 Å². The number of hydrogen-bond donors (Lipinski definition) is 2. The normalized spacial score (nSPS) is 10.2. The summed E-state index contributed by atoms with van der Waals surface area (Å²) in [6.07, 6.45) is 0. The molecule has 1 heterocycles. The van der Waals surface area contributed by atoms with Crippen molar-refractivity contribution >= 4 is 17.5 Å². The van der Waals surface area contributed by atoms with Crippen LogP contribution in [-0.2, 0) is 4.74 Å². The summed E-state index contributed by atoms with van der Waals surface area (Å²) in [6, 6.07) is 5.55. The van der Waals surface area contributed by atoms with Gasteiger partial charge in [-0.3, -0.25) is 15.2 Å². The van der Waals surface area contributed by atoms with Crippen molar-refractivity contribution in [1.29, 1.82) is 0 Å². The first-order chi connectivity index (χ1) is 9.04. The number of nitrogens with two attached hydrogens (primary N) is 1. The second-order valence-electron chi connectivity index (χ2n) is 3.65. The van der Waals surface area contributed by atoms with Crippen LogP contribution in [0.5, 0.6) is 0 Å². The standard InChI is InChI=1S/C11H10N4O4/c1-19-11(16)6-3-2-4-8(15(17)18)10(6)7-5-9(12)14-13-7/h2-5H,1H3,(H3,12,13,14). The molecule has 98 valence electrons. The molecule has 0 unspecified atom stereocenters. The minimum Gasteiger partial charge on any atom is -0.465 e. The summed E-state index contributed by atoms with van der Waals surface area (Å²) >= 11 is 0. The first-order valence-electron chi connectivity index (χ1n) is 5.21. The highest BCUT2D eigenvalue weighted by Crippen LogP contribution is 2.33. The molecule has 2 rings (SSSR count). The van der Waals surface area contributed by atoms with Crippen LogP contribution >= 0.6 is 0 Å². The predicted molar refractivity (Wildman–Crippen MR) is 66.4 cm³/mol. The van der Waals surface area contributed by atoms with Gasteiger partial charge in [-0.25, -0.2) is 4.79 Å². The number of esters is 1. The van der Waals surface area contributed by atoms with E-state index in [1.54, 1.807) is 0 Å². The SMILES string of the molecule is COC(=O)c1cccc([N+](=O)[O-])c1-c1cc(N)n[nH]1. The maximum atomic E-state index is 11.7. The van der Waals surface area contributed by atoms with Crippen molar-refractivity contribution in [2.24, 2.45) is 0 Å². The number of anilines is 1. The summed E-state index contributed by atoms with van der Waals surface area (Å²) in [5.41, 5.74) is 5.70. The number of aromatic nitrogens is 2. The Balaban J connectivity index is 2.73. The summed E-state index contributed by atoms with van der Waals surface area (Å²) in [6.45, 7) is 0. The average Bonchev–Trinajstić information content (AvgIpc) is 2.83. The minimum absolute atomic E-state index is 0.0698. The monoisotopic (exact) mass is 262 g/mol. The number of nitro benzene ring substituents is 1. The van der Waals surface area contributed by atoms with E-state index >= 15 is 0 Å². The number of nitrogens with zero attached hydrogens (tertiary/aromatic N) is 2. The number of rotatable bonds is 3. The van der Waals surface area contributed by atoms with Crippen molar-refractivity contribution in [3.63, 3.8) is 0 Å². The van der Waals surface area contributed by atoms with E-state index in [4.69, 9.17) is 5.73 Å². The molecule has 0 amide bonds. The molecule has 0 atom stereocenters. The Kier molecular flexibility index (Phi) is 3.15. The second kappa shape index (κ2) is 4.77. The van der Waals surface area contributed by atoms with Gasteiger partial charge in [-0.15, -0.1) is 0 Å².